The lowest BCUT2D eigenvalue weighted by Crippen LogP contribution is -2.27. The van der Waals surface area contributed by atoms with Gasteiger partial charge in [0, 0.05) is 5.56 Å². The minimum absolute atomic E-state index is 0.0641. The molecule has 0 aliphatic carbocycles. The molecule has 2 heterocycles. The summed E-state index contributed by atoms with van der Waals surface area (Å²) >= 11 is 12.7. The topological polar surface area (TPSA) is 105 Å². The molecule has 0 fully saturated rings. The quantitative estimate of drug-likeness (QED) is 0.274. The molecular formula is C25H24Cl2N2O5. The van der Waals surface area contributed by atoms with Crippen molar-refractivity contribution in [1.82, 2.24) is 4.57 Å². The van der Waals surface area contributed by atoms with Gasteiger partial charge in [-0.05, 0) is 43.2 Å². The summed E-state index contributed by atoms with van der Waals surface area (Å²) in [4.78, 5) is 26.2. The van der Waals surface area contributed by atoms with Gasteiger partial charge in [0.1, 0.15) is 17.4 Å². The van der Waals surface area contributed by atoms with E-state index in [1.165, 1.54) is 25.3 Å². The van der Waals surface area contributed by atoms with Crippen LogP contribution in [0.3, 0.4) is 0 Å². The van der Waals surface area contributed by atoms with Gasteiger partial charge in [-0.15, -0.1) is 0 Å². The van der Waals surface area contributed by atoms with E-state index in [1.54, 1.807) is 12.1 Å². The van der Waals surface area contributed by atoms with Crippen molar-refractivity contribution >= 4 is 29.0 Å². The first-order chi connectivity index (χ1) is 16.3. The fraction of sp³-hybridized carbons (Fsp3) is 0.320. The van der Waals surface area contributed by atoms with Gasteiger partial charge < -0.3 is 14.3 Å². The van der Waals surface area contributed by atoms with Crippen molar-refractivity contribution in [2.75, 3.05) is 6.61 Å². The second-order valence-corrected chi connectivity index (χ2v) is 8.60. The Labute approximate surface area is 207 Å². The minimum atomic E-state index is -0.728. The molecule has 34 heavy (non-hydrogen) atoms. The van der Waals surface area contributed by atoms with E-state index in [9.17, 15) is 20.0 Å². The van der Waals surface area contributed by atoms with Crippen LogP contribution in [-0.4, -0.2) is 22.1 Å². The fourth-order valence-corrected chi connectivity index (χ4v) is 4.20. The van der Waals surface area contributed by atoms with Gasteiger partial charge in [0.2, 0.25) is 5.88 Å². The summed E-state index contributed by atoms with van der Waals surface area (Å²) < 4.78 is 11.9. The molecule has 0 atom stereocenters. The van der Waals surface area contributed by atoms with Crippen LogP contribution in [0.2, 0.25) is 10.0 Å². The standard InChI is InChI=1S/C25H24Cl2N2O5/c1-3-4-5-6-9-34-23-19(26)11-16(12-20(23)27)22(30)21-15(2)18(13-28)24(31)29(25(21)32)14-17-8-7-10-33-17/h7-8,10-12,32H,3-6,9,14H2,1-2H3. The number of ether oxygens (including phenoxy) is 1. The summed E-state index contributed by atoms with van der Waals surface area (Å²) in [6.45, 7) is 3.84. The van der Waals surface area contributed by atoms with Crippen molar-refractivity contribution in [3.05, 3.63) is 78.9 Å². The summed E-state index contributed by atoms with van der Waals surface area (Å²) in [6.07, 6.45) is 5.50. The Kier molecular flexibility index (Phi) is 8.43. The first-order valence-electron chi connectivity index (χ1n) is 10.9. The second kappa shape index (κ2) is 11.3. The van der Waals surface area contributed by atoms with E-state index in [0.29, 0.717) is 12.4 Å². The molecule has 0 bridgehead atoms. The van der Waals surface area contributed by atoms with Crippen LogP contribution in [-0.2, 0) is 6.54 Å². The van der Waals surface area contributed by atoms with Crippen molar-refractivity contribution in [2.45, 2.75) is 46.1 Å². The summed E-state index contributed by atoms with van der Waals surface area (Å²) in [5.41, 5.74) is -1.03. The Morgan fingerprint density at radius 2 is 1.94 bits per heavy atom. The molecule has 1 aromatic carbocycles. The van der Waals surface area contributed by atoms with Crippen LogP contribution in [0.15, 0.2) is 39.7 Å². The van der Waals surface area contributed by atoms with Gasteiger partial charge >= 0.3 is 0 Å². The van der Waals surface area contributed by atoms with E-state index >= 15 is 0 Å². The molecule has 0 spiro atoms. The number of aromatic nitrogens is 1. The third-order valence-corrected chi connectivity index (χ3v) is 5.99. The molecule has 0 saturated carbocycles. The third-order valence-electron chi connectivity index (χ3n) is 5.43. The van der Waals surface area contributed by atoms with Crippen molar-refractivity contribution < 1.29 is 19.1 Å². The van der Waals surface area contributed by atoms with E-state index < -0.39 is 17.2 Å². The van der Waals surface area contributed by atoms with Crippen LogP contribution in [0.5, 0.6) is 11.6 Å². The zero-order valence-electron chi connectivity index (χ0n) is 18.9. The number of nitriles is 1. The first-order valence-corrected chi connectivity index (χ1v) is 11.6. The molecule has 3 rings (SSSR count). The highest BCUT2D eigenvalue weighted by Gasteiger charge is 2.26. The zero-order valence-corrected chi connectivity index (χ0v) is 20.4. The summed E-state index contributed by atoms with van der Waals surface area (Å²) in [5, 5.41) is 20.7. The molecule has 0 aliphatic heterocycles. The highest BCUT2D eigenvalue weighted by atomic mass is 35.5. The molecule has 0 unspecified atom stereocenters. The number of hydrogen-bond donors (Lipinski definition) is 1. The summed E-state index contributed by atoms with van der Waals surface area (Å²) in [5.74, 6) is -0.572. The van der Waals surface area contributed by atoms with E-state index in [4.69, 9.17) is 32.4 Å². The third kappa shape index (κ3) is 5.30. The van der Waals surface area contributed by atoms with Gasteiger partial charge in [-0.3, -0.25) is 14.2 Å². The molecule has 0 radical (unpaired) electrons. The number of hydrogen-bond acceptors (Lipinski definition) is 6. The lowest BCUT2D eigenvalue weighted by Gasteiger charge is -2.16. The number of benzene rings is 1. The van der Waals surface area contributed by atoms with Gasteiger partial charge in [-0.1, -0.05) is 49.4 Å². The van der Waals surface area contributed by atoms with Gasteiger partial charge in [-0.25, -0.2) is 0 Å². The largest absolute Gasteiger partial charge is 0.494 e. The van der Waals surface area contributed by atoms with E-state index in [2.05, 4.69) is 6.92 Å². The van der Waals surface area contributed by atoms with Gasteiger partial charge in [-0.2, -0.15) is 5.26 Å². The molecule has 0 amide bonds. The first kappa shape index (κ1) is 25.4. The van der Waals surface area contributed by atoms with E-state index in [-0.39, 0.29) is 44.6 Å². The number of furan rings is 1. The Balaban J connectivity index is 1.99. The number of nitrogens with zero attached hydrogens (tertiary/aromatic N) is 2. The predicted octanol–water partition coefficient (Wildman–Crippen LogP) is 5.87. The van der Waals surface area contributed by atoms with Gasteiger partial charge in [0.25, 0.3) is 5.56 Å². The average Bonchev–Trinajstić information content (AvgIpc) is 3.31. The van der Waals surface area contributed by atoms with Crippen LogP contribution >= 0.6 is 23.2 Å². The van der Waals surface area contributed by atoms with Crippen molar-refractivity contribution in [1.29, 1.82) is 5.26 Å². The molecule has 3 aromatic rings. The summed E-state index contributed by atoms with van der Waals surface area (Å²) in [7, 11) is 0. The number of pyridine rings is 1. The lowest BCUT2D eigenvalue weighted by molar-refractivity contribution is 0.103. The maximum atomic E-state index is 13.4. The highest BCUT2D eigenvalue weighted by Crippen LogP contribution is 2.36. The normalized spacial score (nSPS) is 10.8. The Morgan fingerprint density at radius 3 is 2.53 bits per heavy atom. The average molecular weight is 503 g/mol. The van der Waals surface area contributed by atoms with Gasteiger partial charge in [0.05, 0.1) is 35.0 Å². The molecular weight excluding hydrogens is 479 g/mol. The maximum Gasteiger partial charge on any atom is 0.271 e. The molecule has 0 aliphatic rings. The highest BCUT2D eigenvalue weighted by molar-refractivity contribution is 6.38. The number of unbranched alkanes of at least 4 members (excludes halogenated alkanes) is 3. The van der Waals surface area contributed by atoms with E-state index in [1.807, 2.05) is 6.07 Å². The Hall–Kier alpha value is -3.21. The van der Waals surface area contributed by atoms with Crippen molar-refractivity contribution in [3.8, 4) is 17.7 Å². The van der Waals surface area contributed by atoms with Crippen LogP contribution in [0.4, 0.5) is 0 Å². The Bertz CT molecular complexity index is 1270. The lowest BCUT2D eigenvalue weighted by atomic mass is 9.97. The molecule has 178 valence electrons. The molecule has 9 heteroatoms. The predicted molar refractivity (Wildman–Crippen MR) is 129 cm³/mol. The number of halogens is 2. The molecule has 0 saturated heterocycles. The van der Waals surface area contributed by atoms with E-state index in [0.717, 1.165) is 30.3 Å². The van der Waals surface area contributed by atoms with Crippen LogP contribution in [0.1, 0.15) is 65.4 Å². The smallest absolute Gasteiger partial charge is 0.271 e. The fourth-order valence-electron chi connectivity index (χ4n) is 3.60. The van der Waals surface area contributed by atoms with Gasteiger partial charge in [0.15, 0.2) is 11.5 Å². The summed E-state index contributed by atoms with van der Waals surface area (Å²) in [6, 6.07) is 7.85. The number of ketones is 1. The van der Waals surface area contributed by atoms with Crippen LogP contribution in [0.25, 0.3) is 0 Å². The molecule has 7 nitrogen and oxygen atoms in total. The maximum absolute atomic E-state index is 13.4. The molecule has 1 N–H and O–H groups in total. The minimum Gasteiger partial charge on any atom is -0.494 e. The second-order valence-electron chi connectivity index (χ2n) is 7.79. The van der Waals surface area contributed by atoms with Crippen molar-refractivity contribution in [3.63, 3.8) is 0 Å². The van der Waals surface area contributed by atoms with Crippen molar-refractivity contribution in [2.24, 2.45) is 0 Å². The number of carbonyl (C=O) groups is 1. The number of rotatable bonds is 10. The number of aromatic hydroxyl groups is 1. The van der Waals surface area contributed by atoms with Crippen LogP contribution in [0, 0.1) is 18.3 Å². The Morgan fingerprint density at radius 1 is 1.24 bits per heavy atom. The number of carbonyl (C=O) groups excluding carboxylic acids is 1. The monoisotopic (exact) mass is 502 g/mol. The SMILES string of the molecule is CCCCCCOc1c(Cl)cc(C(=O)c2c(C)c(C#N)c(=O)n(Cc3ccco3)c2O)cc1Cl. The van der Waals surface area contributed by atoms with Crippen LogP contribution < -0.4 is 10.3 Å². The molecule has 2 aromatic heterocycles. The zero-order chi connectivity index (χ0) is 24.8.